The van der Waals surface area contributed by atoms with Crippen molar-refractivity contribution < 1.29 is 22.7 Å². The molecule has 176 valence electrons. The van der Waals surface area contributed by atoms with Crippen molar-refractivity contribution >= 4 is 23.4 Å². The van der Waals surface area contributed by atoms with Gasteiger partial charge in [-0.2, -0.15) is 13.2 Å². The molecule has 3 rings (SSSR count). The Labute approximate surface area is 194 Å². The van der Waals surface area contributed by atoms with Gasteiger partial charge in [0.05, 0.1) is 17.0 Å². The number of hydrogen-bond donors (Lipinski definition) is 1. The fourth-order valence-electron chi connectivity index (χ4n) is 3.10. The van der Waals surface area contributed by atoms with Crippen LogP contribution in [0.4, 0.5) is 18.9 Å². The number of thioether (sulfide) groups is 1. The van der Waals surface area contributed by atoms with E-state index in [1.807, 2.05) is 35.8 Å². The van der Waals surface area contributed by atoms with Gasteiger partial charge in [-0.3, -0.25) is 4.79 Å². The van der Waals surface area contributed by atoms with Crippen molar-refractivity contribution in [3.8, 4) is 5.75 Å². The lowest BCUT2D eigenvalue weighted by atomic mass is 10.0. The molecule has 0 aliphatic rings. The maximum atomic E-state index is 13.1. The molecule has 0 aliphatic heterocycles. The van der Waals surface area contributed by atoms with E-state index in [0.717, 1.165) is 17.8 Å². The second-order valence-corrected chi connectivity index (χ2v) is 8.48. The summed E-state index contributed by atoms with van der Waals surface area (Å²) < 4.78 is 47.0. The molecule has 1 amide bonds. The minimum atomic E-state index is -4.55. The molecular formula is C23H25F3N4O2S. The standard InChI is InChI=1S/C23H25F3N4O2S/c1-4-30-20(13-32-17-11-9-16(10-12-17)15(2)3)28-29-22(30)33-14-21(31)27-19-8-6-5-7-18(19)23(24,25)26/h5-12,15H,4,13-14H2,1-3H3,(H,27,31). The number of amides is 1. The highest BCUT2D eigenvalue weighted by Gasteiger charge is 2.33. The molecule has 0 fully saturated rings. The van der Waals surface area contributed by atoms with Crippen molar-refractivity contribution in [2.75, 3.05) is 11.1 Å². The molecule has 0 bridgehead atoms. The lowest BCUT2D eigenvalue weighted by Crippen LogP contribution is -2.18. The van der Waals surface area contributed by atoms with Gasteiger partial charge in [-0.25, -0.2) is 0 Å². The highest BCUT2D eigenvalue weighted by Crippen LogP contribution is 2.34. The molecule has 0 atom stereocenters. The number of carbonyl (C=O) groups is 1. The molecule has 0 spiro atoms. The third-order valence-corrected chi connectivity index (χ3v) is 5.83. The molecule has 0 saturated heterocycles. The molecule has 1 N–H and O–H groups in total. The maximum absolute atomic E-state index is 13.1. The monoisotopic (exact) mass is 478 g/mol. The van der Waals surface area contributed by atoms with Gasteiger partial charge in [-0.05, 0) is 42.7 Å². The van der Waals surface area contributed by atoms with Crippen LogP contribution in [0.2, 0.25) is 0 Å². The predicted molar refractivity (Wildman–Crippen MR) is 121 cm³/mol. The number of anilines is 1. The number of rotatable bonds is 9. The van der Waals surface area contributed by atoms with E-state index in [-0.39, 0.29) is 18.0 Å². The van der Waals surface area contributed by atoms with Gasteiger partial charge in [0.15, 0.2) is 11.0 Å². The van der Waals surface area contributed by atoms with Gasteiger partial charge < -0.3 is 14.6 Å². The Morgan fingerprint density at radius 2 is 1.82 bits per heavy atom. The fourth-order valence-corrected chi connectivity index (χ4v) is 3.92. The number of halogens is 3. The van der Waals surface area contributed by atoms with Crippen LogP contribution in [0.15, 0.2) is 53.7 Å². The second kappa shape index (κ2) is 10.7. The van der Waals surface area contributed by atoms with E-state index >= 15 is 0 Å². The summed E-state index contributed by atoms with van der Waals surface area (Å²) >= 11 is 1.10. The molecule has 2 aromatic carbocycles. The number of hydrogen-bond acceptors (Lipinski definition) is 5. The van der Waals surface area contributed by atoms with E-state index in [2.05, 4.69) is 29.4 Å². The van der Waals surface area contributed by atoms with Gasteiger partial charge >= 0.3 is 6.18 Å². The fraction of sp³-hybridized carbons (Fsp3) is 0.348. The van der Waals surface area contributed by atoms with Crippen molar-refractivity contribution in [2.45, 2.75) is 51.2 Å². The minimum Gasteiger partial charge on any atom is -0.486 e. The Hall–Kier alpha value is -3.01. The lowest BCUT2D eigenvalue weighted by Gasteiger charge is -2.13. The first-order valence-electron chi connectivity index (χ1n) is 10.4. The number of para-hydroxylation sites is 1. The van der Waals surface area contributed by atoms with Crippen LogP contribution in [0.25, 0.3) is 0 Å². The van der Waals surface area contributed by atoms with E-state index in [9.17, 15) is 18.0 Å². The minimum absolute atomic E-state index is 0.109. The topological polar surface area (TPSA) is 69.0 Å². The number of alkyl halides is 3. The Morgan fingerprint density at radius 1 is 1.12 bits per heavy atom. The smallest absolute Gasteiger partial charge is 0.418 e. The van der Waals surface area contributed by atoms with Crippen LogP contribution in [-0.4, -0.2) is 26.4 Å². The summed E-state index contributed by atoms with van der Waals surface area (Å²) in [7, 11) is 0. The zero-order valence-electron chi connectivity index (χ0n) is 18.5. The van der Waals surface area contributed by atoms with Gasteiger partial charge in [0.25, 0.3) is 0 Å². The zero-order valence-corrected chi connectivity index (χ0v) is 19.3. The van der Waals surface area contributed by atoms with Gasteiger partial charge in [-0.1, -0.05) is 49.9 Å². The quantitative estimate of drug-likeness (QED) is 0.397. The SMILES string of the molecule is CCn1c(COc2ccc(C(C)C)cc2)nnc1SCC(=O)Nc1ccccc1C(F)(F)F. The second-order valence-electron chi connectivity index (χ2n) is 7.54. The van der Waals surface area contributed by atoms with Crippen molar-refractivity contribution in [2.24, 2.45) is 0 Å². The average molecular weight is 479 g/mol. The summed E-state index contributed by atoms with van der Waals surface area (Å²) in [5, 5.41) is 11.1. The van der Waals surface area contributed by atoms with Gasteiger partial charge in [0.1, 0.15) is 12.4 Å². The third-order valence-electron chi connectivity index (χ3n) is 4.86. The molecule has 0 saturated carbocycles. The largest absolute Gasteiger partial charge is 0.486 e. The number of ether oxygens (including phenoxy) is 1. The first kappa shape index (κ1) is 24.6. The first-order chi connectivity index (χ1) is 15.7. The third kappa shape index (κ3) is 6.50. The van der Waals surface area contributed by atoms with Gasteiger partial charge in [-0.15, -0.1) is 10.2 Å². The normalized spacial score (nSPS) is 11.6. The average Bonchev–Trinajstić information content (AvgIpc) is 3.18. The number of aromatic nitrogens is 3. The van der Waals surface area contributed by atoms with Gasteiger partial charge in [0.2, 0.25) is 5.91 Å². The van der Waals surface area contributed by atoms with Crippen LogP contribution in [-0.2, 0) is 24.1 Å². The number of carbonyl (C=O) groups excluding carboxylic acids is 1. The lowest BCUT2D eigenvalue weighted by molar-refractivity contribution is -0.137. The van der Waals surface area contributed by atoms with Crippen molar-refractivity contribution in [3.63, 3.8) is 0 Å². The first-order valence-corrected chi connectivity index (χ1v) is 11.4. The molecule has 3 aromatic rings. The van der Waals surface area contributed by atoms with Crippen molar-refractivity contribution in [1.82, 2.24) is 14.8 Å². The van der Waals surface area contributed by atoms with Crippen LogP contribution < -0.4 is 10.1 Å². The van der Waals surface area contributed by atoms with Crippen LogP contribution >= 0.6 is 11.8 Å². The molecule has 33 heavy (non-hydrogen) atoms. The van der Waals surface area contributed by atoms with E-state index in [1.54, 1.807) is 0 Å². The number of nitrogens with one attached hydrogen (secondary N) is 1. The summed E-state index contributed by atoms with van der Waals surface area (Å²) in [5.74, 6) is 1.06. The Bertz CT molecular complexity index is 1080. The maximum Gasteiger partial charge on any atom is 0.418 e. The molecule has 1 aromatic heterocycles. The van der Waals surface area contributed by atoms with Crippen LogP contribution in [0, 0.1) is 0 Å². The van der Waals surface area contributed by atoms with Crippen molar-refractivity contribution in [3.05, 3.63) is 65.5 Å². The predicted octanol–water partition coefficient (Wildman–Crippen LogP) is 5.75. The Morgan fingerprint density at radius 3 is 2.45 bits per heavy atom. The molecule has 10 heteroatoms. The van der Waals surface area contributed by atoms with Crippen molar-refractivity contribution in [1.29, 1.82) is 0 Å². The molecular weight excluding hydrogens is 453 g/mol. The van der Waals surface area contributed by atoms with Crippen LogP contribution in [0.3, 0.4) is 0 Å². The Balaban J connectivity index is 1.59. The number of benzene rings is 2. The van der Waals surface area contributed by atoms with E-state index < -0.39 is 17.6 Å². The number of nitrogens with zero attached hydrogens (tertiary/aromatic N) is 3. The van der Waals surface area contributed by atoms with E-state index in [1.165, 1.54) is 23.8 Å². The highest BCUT2D eigenvalue weighted by atomic mass is 32.2. The molecule has 0 radical (unpaired) electrons. The summed E-state index contributed by atoms with van der Waals surface area (Å²) in [6.45, 7) is 6.91. The molecule has 1 heterocycles. The van der Waals surface area contributed by atoms with E-state index in [4.69, 9.17) is 4.74 Å². The molecule has 0 aliphatic carbocycles. The van der Waals surface area contributed by atoms with Crippen LogP contribution in [0.5, 0.6) is 5.75 Å². The summed E-state index contributed by atoms with van der Waals surface area (Å²) in [6.07, 6.45) is -4.55. The van der Waals surface area contributed by atoms with Crippen LogP contribution in [0.1, 0.15) is 43.6 Å². The van der Waals surface area contributed by atoms with Gasteiger partial charge in [0, 0.05) is 6.54 Å². The molecule has 6 nitrogen and oxygen atoms in total. The van der Waals surface area contributed by atoms with E-state index in [0.29, 0.717) is 29.2 Å². The summed E-state index contributed by atoms with van der Waals surface area (Å²) in [6, 6.07) is 12.7. The zero-order chi connectivity index (χ0) is 24.0. The Kier molecular flexibility index (Phi) is 8.01. The molecule has 0 unspecified atom stereocenters. The summed E-state index contributed by atoms with van der Waals surface area (Å²) in [4.78, 5) is 12.3. The highest BCUT2D eigenvalue weighted by molar-refractivity contribution is 7.99. The summed E-state index contributed by atoms with van der Waals surface area (Å²) in [5.41, 5.74) is 0.0555.